The van der Waals surface area contributed by atoms with E-state index in [2.05, 4.69) is 36.4 Å². The van der Waals surface area contributed by atoms with E-state index in [0.29, 0.717) is 0 Å². The average molecular weight is 531 g/mol. The van der Waals surface area contributed by atoms with Crippen LogP contribution in [0.2, 0.25) is 0 Å². The Balaban J connectivity index is 1.43. The third-order valence-corrected chi connectivity index (χ3v) is 12.2. The maximum absolute atomic E-state index is 2.76. The van der Waals surface area contributed by atoms with Gasteiger partial charge in [-0.3, -0.25) is 0 Å². The van der Waals surface area contributed by atoms with E-state index in [4.69, 9.17) is 0 Å². The lowest BCUT2D eigenvalue weighted by Crippen LogP contribution is -2.12. The molecule has 4 aliphatic carbocycles. The van der Waals surface area contributed by atoms with Crippen molar-refractivity contribution in [3.05, 3.63) is 58.7 Å². The molecular weight excluding hydrogens is 480 g/mol. The van der Waals surface area contributed by atoms with Crippen LogP contribution in [0.15, 0.2) is 36.4 Å². The second kappa shape index (κ2) is 11.0. The first-order chi connectivity index (χ1) is 19.9. The predicted octanol–water partition coefficient (Wildman–Crippen LogP) is 12.8. The van der Waals surface area contributed by atoms with E-state index in [-0.39, 0.29) is 0 Å². The average Bonchev–Trinajstić information content (AvgIpc) is 3.04. The summed E-state index contributed by atoms with van der Waals surface area (Å²) in [6, 6.07) is 15.9. The third-order valence-electron chi connectivity index (χ3n) is 12.2. The second-order valence-corrected chi connectivity index (χ2v) is 14.5. The smallest absolute Gasteiger partial charge is 0.00208 e. The first-order valence-corrected chi connectivity index (χ1v) is 17.6. The van der Waals surface area contributed by atoms with Gasteiger partial charge < -0.3 is 0 Å². The summed E-state index contributed by atoms with van der Waals surface area (Å²) in [6.45, 7) is 0. The van der Waals surface area contributed by atoms with Crippen molar-refractivity contribution in [2.45, 2.75) is 152 Å². The summed E-state index contributed by atoms with van der Waals surface area (Å²) < 4.78 is 0. The van der Waals surface area contributed by atoms with Gasteiger partial charge in [-0.1, -0.05) is 113 Å². The summed E-state index contributed by atoms with van der Waals surface area (Å²) in [7, 11) is 0. The summed E-state index contributed by atoms with van der Waals surface area (Å²) in [5.41, 5.74) is 6.91. The van der Waals surface area contributed by atoms with Gasteiger partial charge in [0.2, 0.25) is 0 Å². The first kappa shape index (κ1) is 25.6. The molecule has 0 unspecified atom stereocenters. The van der Waals surface area contributed by atoms with Crippen LogP contribution in [0.4, 0.5) is 0 Å². The Hall–Kier alpha value is -2.08. The molecule has 0 amide bonds. The molecular formula is C40H50. The predicted molar refractivity (Wildman–Crippen MR) is 173 cm³/mol. The molecule has 0 nitrogen and oxygen atoms in total. The molecule has 0 aromatic heterocycles. The fraction of sp³-hybridized carbons (Fsp3) is 0.600. The SMILES string of the molecule is c1c(C2CCCCC2)c2ccc3c(C4CCCCC4)cc(C4CCCCC4)c4ccc(c1C1CCCCC1)c2c34. The van der Waals surface area contributed by atoms with Crippen molar-refractivity contribution in [1.29, 1.82) is 0 Å². The van der Waals surface area contributed by atoms with E-state index >= 15 is 0 Å². The highest BCUT2D eigenvalue weighted by atomic mass is 14.3. The Morgan fingerprint density at radius 1 is 0.300 bits per heavy atom. The molecule has 0 N–H and O–H groups in total. The number of hydrogen-bond acceptors (Lipinski definition) is 0. The van der Waals surface area contributed by atoms with Crippen LogP contribution in [0.25, 0.3) is 32.3 Å². The van der Waals surface area contributed by atoms with Crippen LogP contribution in [0, 0.1) is 0 Å². The highest BCUT2D eigenvalue weighted by Crippen LogP contribution is 2.50. The molecule has 0 radical (unpaired) electrons. The van der Waals surface area contributed by atoms with E-state index in [1.807, 2.05) is 0 Å². The van der Waals surface area contributed by atoms with Gasteiger partial charge in [0.25, 0.3) is 0 Å². The monoisotopic (exact) mass is 530 g/mol. The van der Waals surface area contributed by atoms with Gasteiger partial charge in [-0.15, -0.1) is 0 Å². The fourth-order valence-electron chi connectivity index (χ4n) is 10.1. The van der Waals surface area contributed by atoms with E-state index in [0.717, 1.165) is 23.7 Å². The van der Waals surface area contributed by atoms with Crippen LogP contribution in [-0.2, 0) is 0 Å². The molecule has 4 aliphatic rings. The van der Waals surface area contributed by atoms with E-state index in [1.54, 1.807) is 54.6 Å². The minimum absolute atomic E-state index is 0.760. The molecule has 4 fully saturated rings. The maximum atomic E-state index is 2.76. The maximum Gasteiger partial charge on any atom is -0.00208 e. The Bertz CT molecular complexity index is 1250. The van der Waals surface area contributed by atoms with Gasteiger partial charge in [0.05, 0.1) is 0 Å². The molecule has 4 aromatic carbocycles. The van der Waals surface area contributed by atoms with Gasteiger partial charge in [0, 0.05) is 0 Å². The van der Waals surface area contributed by atoms with Crippen molar-refractivity contribution < 1.29 is 0 Å². The summed E-state index contributed by atoms with van der Waals surface area (Å²) in [5.74, 6) is 3.04. The van der Waals surface area contributed by atoms with Crippen molar-refractivity contribution in [3.8, 4) is 0 Å². The highest BCUT2D eigenvalue weighted by Gasteiger charge is 2.29. The molecule has 4 aromatic rings. The summed E-state index contributed by atoms with van der Waals surface area (Å²) in [4.78, 5) is 0. The highest BCUT2D eigenvalue weighted by molar-refractivity contribution is 6.25. The van der Waals surface area contributed by atoms with E-state index < -0.39 is 0 Å². The van der Waals surface area contributed by atoms with Gasteiger partial charge in [0.1, 0.15) is 0 Å². The number of hydrogen-bond donors (Lipinski definition) is 0. The van der Waals surface area contributed by atoms with Crippen LogP contribution in [0.5, 0.6) is 0 Å². The molecule has 0 atom stereocenters. The Kier molecular flexibility index (Phi) is 7.02. The van der Waals surface area contributed by atoms with E-state index in [1.165, 1.54) is 128 Å². The van der Waals surface area contributed by atoms with E-state index in [9.17, 15) is 0 Å². The number of benzene rings is 4. The third kappa shape index (κ3) is 4.39. The van der Waals surface area contributed by atoms with Crippen molar-refractivity contribution in [3.63, 3.8) is 0 Å². The van der Waals surface area contributed by atoms with Gasteiger partial charge in [-0.2, -0.15) is 0 Å². The lowest BCUT2D eigenvalue weighted by Gasteiger charge is -2.32. The van der Waals surface area contributed by atoms with Crippen LogP contribution in [-0.4, -0.2) is 0 Å². The van der Waals surface area contributed by atoms with Crippen LogP contribution < -0.4 is 0 Å². The topological polar surface area (TPSA) is 0 Å². The zero-order valence-electron chi connectivity index (χ0n) is 24.9. The summed E-state index contributed by atoms with van der Waals surface area (Å²) >= 11 is 0. The fourth-order valence-corrected chi connectivity index (χ4v) is 10.1. The van der Waals surface area contributed by atoms with Crippen LogP contribution >= 0.6 is 0 Å². The van der Waals surface area contributed by atoms with Crippen LogP contribution in [0.1, 0.15) is 174 Å². The minimum Gasteiger partial charge on any atom is -0.0540 e. The molecule has 0 aliphatic heterocycles. The first-order valence-electron chi connectivity index (χ1n) is 17.6. The molecule has 0 heterocycles. The van der Waals surface area contributed by atoms with Crippen molar-refractivity contribution >= 4 is 32.3 Å². The number of rotatable bonds is 4. The van der Waals surface area contributed by atoms with Crippen molar-refractivity contribution in [2.24, 2.45) is 0 Å². The molecule has 4 saturated carbocycles. The normalized spacial score (nSPS) is 23.1. The quantitative estimate of drug-likeness (QED) is 0.230. The standard InChI is InChI=1S/C40H50/c1-5-13-27(14-6-1)35-25-36(28-15-7-2-8-16-28)32-23-24-34-38(30-19-11-4-12-20-30)26-37(29-17-9-3-10-18-29)33-22-21-31(35)39(32)40(33)34/h21-30H,1-20H2. The summed E-state index contributed by atoms with van der Waals surface area (Å²) in [6.07, 6.45) is 28.3. The molecule has 0 saturated heterocycles. The Morgan fingerprint density at radius 3 is 0.750 bits per heavy atom. The van der Waals surface area contributed by atoms with Gasteiger partial charge in [-0.25, -0.2) is 0 Å². The molecule has 8 rings (SSSR count). The summed E-state index contributed by atoms with van der Waals surface area (Å²) in [5, 5.41) is 9.83. The second-order valence-electron chi connectivity index (χ2n) is 14.5. The van der Waals surface area contributed by atoms with Gasteiger partial charge in [0.15, 0.2) is 0 Å². The molecule has 0 spiro atoms. The van der Waals surface area contributed by atoms with Gasteiger partial charge in [-0.05, 0) is 130 Å². The lowest BCUT2D eigenvalue weighted by atomic mass is 9.73. The zero-order chi connectivity index (χ0) is 26.5. The lowest BCUT2D eigenvalue weighted by molar-refractivity contribution is 0.438. The minimum atomic E-state index is 0.760. The molecule has 210 valence electrons. The molecule has 40 heavy (non-hydrogen) atoms. The Morgan fingerprint density at radius 2 is 0.525 bits per heavy atom. The van der Waals surface area contributed by atoms with Crippen molar-refractivity contribution in [2.75, 3.05) is 0 Å². The largest absolute Gasteiger partial charge is 0.0540 e. The zero-order valence-corrected chi connectivity index (χ0v) is 24.9. The van der Waals surface area contributed by atoms with Gasteiger partial charge >= 0.3 is 0 Å². The van der Waals surface area contributed by atoms with Crippen molar-refractivity contribution in [1.82, 2.24) is 0 Å². The molecule has 0 bridgehead atoms. The van der Waals surface area contributed by atoms with Crippen LogP contribution in [0.3, 0.4) is 0 Å². The molecule has 0 heteroatoms. The Labute approximate surface area is 242 Å².